The molecule has 0 aliphatic rings. The molecule has 138 valence electrons. The lowest BCUT2D eigenvalue weighted by Gasteiger charge is -2.13. The Morgan fingerprint density at radius 2 is 2.07 bits per heavy atom. The molecule has 0 saturated carbocycles. The molecular formula is C19H19N5O2S. The minimum atomic E-state index is -0.462. The molecular weight excluding hydrogens is 362 g/mol. The van der Waals surface area contributed by atoms with E-state index in [9.17, 15) is 9.59 Å². The van der Waals surface area contributed by atoms with Gasteiger partial charge in [-0.2, -0.15) is 0 Å². The molecule has 4 aromatic rings. The largest absolute Gasteiger partial charge is 0.370 e. The Morgan fingerprint density at radius 3 is 2.81 bits per heavy atom. The Morgan fingerprint density at radius 1 is 1.30 bits per heavy atom. The van der Waals surface area contributed by atoms with Crippen LogP contribution >= 0.6 is 11.3 Å². The van der Waals surface area contributed by atoms with Crippen LogP contribution < -0.4 is 11.3 Å². The predicted molar refractivity (Wildman–Crippen MR) is 107 cm³/mol. The van der Waals surface area contributed by atoms with Gasteiger partial charge in [0.25, 0.3) is 5.56 Å². The maximum Gasteiger partial charge on any atom is 0.281 e. The molecule has 4 rings (SSSR count). The lowest BCUT2D eigenvalue weighted by molar-refractivity contribution is -0.118. The van der Waals surface area contributed by atoms with E-state index >= 15 is 0 Å². The third kappa shape index (κ3) is 2.91. The van der Waals surface area contributed by atoms with E-state index in [2.05, 4.69) is 4.98 Å². The number of thiophene rings is 1. The normalized spacial score (nSPS) is 11.7. The zero-order chi connectivity index (χ0) is 19.1. The van der Waals surface area contributed by atoms with Crippen LogP contribution in [0.3, 0.4) is 0 Å². The number of fused-ring (bicyclic) bond motifs is 2. The zero-order valence-corrected chi connectivity index (χ0v) is 15.9. The number of imidazole rings is 1. The van der Waals surface area contributed by atoms with Crippen LogP contribution in [0.2, 0.25) is 0 Å². The van der Waals surface area contributed by atoms with E-state index in [1.54, 1.807) is 17.7 Å². The van der Waals surface area contributed by atoms with E-state index in [-0.39, 0.29) is 24.6 Å². The summed E-state index contributed by atoms with van der Waals surface area (Å²) in [5.74, 6) is 0.0735. The molecule has 2 N–H and O–H groups in total. The summed E-state index contributed by atoms with van der Waals surface area (Å²) in [6, 6.07) is 8.10. The molecule has 0 aliphatic carbocycles. The van der Waals surface area contributed by atoms with Crippen molar-refractivity contribution in [3.8, 4) is 11.4 Å². The number of amides is 1. The highest BCUT2D eigenvalue weighted by Gasteiger charge is 2.20. The summed E-state index contributed by atoms with van der Waals surface area (Å²) in [5, 5.41) is 3.02. The smallest absolute Gasteiger partial charge is 0.281 e. The number of nitrogens with zero attached hydrogens (tertiary/aromatic N) is 4. The minimum Gasteiger partial charge on any atom is -0.370 e. The first-order chi connectivity index (χ1) is 13.0. The third-order valence-corrected chi connectivity index (χ3v) is 5.51. The van der Waals surface area contributed by atoms with Gasteiger partial charge < -0.3 is 10.3 Å². The van der Waals surface area contributed by atoms with Crippen LogP contribution in [0.25, 0.3) is 32.6 Å². The maximum absolute atomic E-state index is 13.1. The van der Waals surface area contributed by atoms with E-state index in [4.69, 9.17) is 10.7 Å². The molecule has 1 aromatic carbocycles. The van der Waals surface area contributed by atoms with Crippen molar-refractivity contribution in [2.75, 3.05) is 0 Å². The Bertz CT molecular complexity index is 1220. The number of hydrogen-bond acceptors (Lipinski definition) is 5. The van der Waals surface area contributed by atoms with E-state index in [1.165, 1.54) is 4.57 Å². The van der Waals surface area contributed by atoms with Crippen molar-refractivity contribution in [3.05, 3.63) is 46.3 Å². The summed E-state index contributed by atoms with van der Waals surface area (Å²) in [4.78, 5) is 33.5. The molecule has 0 spiro atoms. The van der Waals surface area contributed by atoms with Gasteiger partial charge in [-0.05, 0) is 19.9 Å². The molecule has 7 nitrogen and oxygen atoms in total. The van der Waals surface area contributed by atoms with Gasteiger partial charge >= 0.3 is 0 Å². The van der Waals surface area contributed by atoms with Crippen molar-refractivity contribution in [1.29, 1.82) is 0 Å². The van der Waals surface area contributed by atoms with Gasteiger partial charge in [0, 0.05) is 40.0 Å². The van der Waals surface area contributed by atoms with E-state index in [0.717, 1.165) is 15.6 Å². The molecule has 0 unspecified atom stereocenters. The molecule has 8 heteroatoms. The van der Waals surface area contributed by atoms with Gasteiger partial charge in [-0.15, -0.1) is 11.3 Å². The molecule has 0 saturated heterocycles. The molecule has 1 amide bonds. The SMILES string of the molecule is CC(C)n1cnc2c(=O)n(CCC(N)=O)c(-c3csc4ccccc34)nc21. The fourth-order valence-electron chi connectivity index (χ4n) is 3.16. The number of primary amides is 1. The van der Waals surface area contributed by atoms with Crippen LogP contribution in [0.1, 0.15) is 26.3 Å². The van der Waals surface area contributed by atoms with Crippen molar-refractivity contribution in [3.63, 3.8) is 0 Å². The summed E-state index contributed by atoms with van der Waals surface area (Å²) < 4.78 is 4.51. The van der Waals surface area contributed by atoms with Gasteiger partial charge in [-0.25, -0.2) is 9.97 Å². The quantitative estimate of drug-likeness (QED) is 0.575. The lowest BCUT2D eigenvalue weighted by Crippen LogP contribution is -2.26. The Hall–Kier alpha value is -3.00. The van der Waals surface area contributed by atoms with Gasteiger partial charge in [0.1, 0.15) is 5.82 Å². The second kappa shape index (κ2) is 6.62. The molecule has 3 aromatic heterocycles. The van der Waals surface area contributed by atoms with Crippen LogP contribution in [0.4, 0.5) is 0 Å². The van der Waals surface area contributed by atoms with Crippen LogP contribution in [0, 0.1) is 0 Å². The van der Waals surface area contributed by atoms with Gasteiger partial charge in [-0.3, -0.25) is 14.2 Å². The van der Waals surface area contributed by atoms with Gasteiger partial charge in [0.05, 0.1) is 6.33 Å². The number of nitrogens with two attached hydrogens (primary N) is 1. The van der Waals surface area contributed by atoms with Crippen LogP contribution in [0.5, 0.6) is 0 Å². The fraction of sp³-hybridized carbons (Fsp3) is 0.263. The second-order valence-corrected chi connectivity index (χ2v) is 7.58. The number of rotatable bonds is 5. The molecule has 0 aliphatic heterocycles. The first-order valence-corrected chi connectivity index (χ1v) is 9.57. The van der Waals surface area contributed by atoms with Crippen LogP contribution in [0.15, 0.2) is 40.8 Å². The third-order valence-electron chi connectivity index (χ3n) is 4.54. The van der Waals surface area contributed by atoms with Gasteiger partial charge in [-0.1, -0.05) is 18.2 Å². The monoisotopic (exact) mass is 381 g/mol. The lowest BCUT2D eigenvalue weighted by atomic mass is 10.1. The Kier molecular flexibility index (Phi) is 4.27. The molecule has 0 atom stereocenters. The predicted octanol–water partition coefficient (Wildman–Crippen LogP) is 2.93. The summed E-state index contributed by atoms with van der Waals surface area (Å²) >= 11 is 1.60. The van der Waals surface area contributed by atoms with Gasteiger partial charge in [0.2, 0.25) is 5.91 Å². The fourth-order valence-corrected chi connectivity index (χ4v) is 4.10. The summed E-state index contributed by atoms with van der Waals surface area (Å²) in [6.07, 6.45) is 1.70. The van der Waals surface area contributed by atoms with E-state index < -0.39 is 5.91 Å². The van der Waals surface area contributed by atoms with Crippen molar-refractivity contribution in [2.45, 2.75) is 32.9 Å². The average molecular weight is 381 g/mol. The maximum atomic E-state index is 13.1. The first-order valence-electron chi connectivity index (χ1n) is 8.69. The minimum absolute atomic E-state index is 0.0626. The molecule has 27 heavy (non-hydrogen) atoms. The Labute approximate surface area is 159 Å². The summed E-state index contributed by atoms with van der Waals surface area (Å²) in [6.45, 7) is 4.20. The summed E-state index contributed by atoms with van der Waals surface area (Å²) in [7, 11) is 0. The number of hydrogen-bond donors (Lipinski definition) is 1. The number of aromatic nitrogens is 4. The van der Waals surface area contributed by atoms with Crippen molar-refractivity contribution in [1.82, 2.24) is 19.1 Å². The van der Waals surface area contributed by atoms with Crippen molar-refractivity contribution < 1.29 is 4.79 Å². The molecule has 0 bridgehead atoms. The van der Waals surface area contributed by atoms with E-state index in [1.807, 2.05) is 48.1 Å². The zero-order valence-electron chi connectivity index (χ0n) is 15.0. The van der Waals surface area contributed by atoms with Crippen LogP contribution in [-0.2, 0) is 11.3 Å². The highest BCUT2D eigenvalue weighted by atomic mass is 32.1. The van der Waals surface area contributed by atoms with Crippen molar-refractivity contribution >= 4 is 38.5 Å². The molecule has 0 fully saturated rings. The highest BCUT2D eigenvalue weighted by Crippen LogP contribution is 2.33. The highest BCUT2D eigenvalue weighted by molar-refractivity contribution is 7.17. The number of benzene rings is 1. The van der Waals surface area contributed by atoms with Gasteiger partial charge in [0.15, 0.2) is 11.2 Å². The van der Waals surface area contributed by atoms with Crippen LogP contribution in [-0.4, -0.2) is 25.0 Å². The number of carbonyl (C=O) groups is 1. The second-order valence-electron chi connectivity index (χ2n) is 6.67. The first kappa shape index (κ1) is 17.4. The standard InChI is InChI=1S/C19H19N5O2S/c1-11(2)24-10-21-16-18(24)22-17(23(19(16)26)8-7-15(20)25)13-9-27-14-6-4-3-5-12(13)14/h3-6,9-11H,7-8H2,1-2H3,(H2,20,25). The summed E-state index contributed by atoms with van der Waals surface area (Å²) in [5.41, 5.74) is 6.78. The number of carbonyl (C=O) groups excluding carboxylic acids is 1. The van der Waals surface area contributed by atoms with Crippen molar-refractivity contribution in [2.24, 2.45) is 5.73 Å². The van der Waals surface area contributed by atoms with E-state index in [0.29, 0.717) is 17.0 Å². The Balaban J connectivity index is 2.04. The molecule has 3 heterocycles. The molecule has 0 radical (unpaired) electrons. The average Bonchev–Trinajstić information content (AvgIpc) is 3.24. The topological polar surface area (TPSA) is 95.8 Å².